The van der Waals surface area contributed by atoms with E-state index >= 15 is 0 Å². The number of aryl methyl sites for hydroxylation is 1. The van der Waals surface area contributed by atoms with Crippen molar-refractivity contribution in [1.82, 2.24) is 25.9 Å². The van der Waals surface area contributed by atoms with Crippen molar-refractivity contribution in [3.05, 3.63) is 59.7 Å². The van der Waals surface area contributed by atoms with Gasteiger partial charge in [0.15, 0.2) is 5.82 Å². The SMILES string of the molecule is CCc1ccc(C(C)NC(=O)C2CC(=O)NC(c3ncccn3)N2)cc1. The van der Waals surface area contributed by atoms with Crippen LogP contribution >= 0.6 is 0 Å². The van der Waals surface area contributed by atoms with Gasteiger partial charge in [0.25, 0.3) is 0 Å². The molecule has 0 spiro atoms. The van der Waals surface area contributed by atoms with Gasteiger partial charge in [0.2, 0.25) is 11.8 Å². The molecule has 3 rings (SSSR count). The summed E-state index contributed by atoms with van der Waals surface area (Å²) in [5.41, 5.74) is 2.28. The molecule has 1 fully saturated rings. The monoisotopic (exact) mass is 353 g/mol. The average molecular weight is 353 g/mol. The zero-order valence-corrected chi connectivity index (χ0v) is 14.9. The molecule has 0 radical (unpaired) electrons. The van der Waals surface area contributed by atoms with Gasteiger partial charge in [-0.05, 0) is 30.5 Å². The van der Waals surface area contributed by atoms with Gasteiger partial charge < -0.3 is 10.6 Å². The van der Waals surface area contributed by atoms with E-state index in [1.165, 1.54) is 5.56 Å². The van der Waals surface area contributed by atoms with E-state index in [-0.39, 0.29) is 24.3 Å². The molecule has 2 heterocycles. The van der Waals surface area contributed by atoms with Crippen LogP contribution in [0.3, 0.4) is 0 Å². The van der Waals surface area contributed by atoms with Crippen LogP contribution in [-0.2, 0) is 16.0 Å². The number of rotatable bonds is 5. The molecule has 3 N–H and O–H groups in total. The Balaban J connectivity index is 1.65. The maximum atomic E-state index is 12.6. The summed E-state index contributed by atoms with van der Waals surface area (Å²) in [5.74, 6) is 0.00991. The summed E-state index contributed by atoms with van der Waals surface area (Å²) in [6.45, 7) is 4.03. The van der Waals surface area contributed by atoms with E-state index < -0.39 is 12.2 Å². The molecule has 1 aliphatic rings. The quantitative estimate of drug-likeness (QED) is 0.755. The summed E-state index contributed by atoms with van der Waals surface area (Å²) in [4.78, 5) is 32.9. The number of amides is 2. The van der Waals surface area contributed by atoms with Crippen LogP contribution in [0.1, 0.15) is 49.4 Å². The van der Waals surface area contributed by atoms with Crippen molar-refractivity contribution < 1.29 is 9.59 Å². The Labute approximate surface area is 152 Å². The first-order chi connectivity index (χ1) is 12.6. The van der Waals surface area contributed by atoms with E-state index in [4.69, 9.17) is 0 Å². The molecule has 1 saturated heterocycles. The van der Waals surface area contributed by atoms with Crippen molar-refractivity contribution in [3.63, 3.8) is 0 Å². The molecule has 3 unspecified atom stereocenters. The molecule has 0 bridgehead atoms. The van der Waals surface area contributed by atoms with Crippen molar-refractivity contribution in [3.8, 4) is 0 Å². The second-order valence-electron chi connectivity index (χ2n) is 6.36. The Hall–Kier alpha value is -2.80. The number of carbonyl (C=O) groups excluding carboxylic acids is 2. The topological polar surface area (TPSA) is 96.0 Å². The molecular formula is C19H23N5O2. The van der Waals surface area contributed by atoms with E-state index in [1.807, 2.05) is 19.1 Å². The number of carbonyl (C=O) groups is 2. The summed E-state index contributed by atoms with van der Waals surface area (Å²) in [7, 11) is 0. The second-order valence-corrected chi connectivity index (χ2v) is 6.36. The molecule has 0 aliphatic carbocycles. The Morgan fingerprint density at radius 1 is 1.27 bits per heavy atom. The van der Waals surface area contributed by atoms with Crippen molar-refractivity contribution in [2.24, 2.45) is 0 Å². The van der Waals surface area contributed by atoms with E-state index in [9.17, 15) is 9.59 Å². The van der Waals surface area contributed by atoms with Crippen LogP contribution in [0, 0.1) is 0 Å². The molecule has 3 atom stereocenters. The minimum Gasteiger partial charge on any atom is -0.348 e. The largest absolute Gasteiger partial charge is 0.348 e. The van der Waals surface area contributed by atoms with E-state index in [1.54, 1.807) is 18.5 Å². The summed E-state index contributed by atoms with van der Waals surface area (Å²) < 4.78 is 0. The van der Waals surface area contributed by atoms with Crippen molar-refractivity contribution >= 4 is 11.8 Å². The van der Waals surface area contributed by atoms with Crippen LogP contribution in [0.15, 0.2) is 42.7 Å². The molecule has 1 aromatic heterocycles. The van der Waals surface area contributed by atoms with Crippen LogP contribution in [0.25, 0.3) is 0 Å². The average Bonchev–Trinajstić information content (AvgIpc) is 2.68. The fraction of sp³-hybridized carbons (Fsp3) is 0.368. The second kappa shape index (κ2) is 8.05. The Bertz CT molecular complexity index is 763. The maximum absolute atomic E-state index is 12.6. The lowest BCUT2D eigenvalue weighted by atomic mass is 10.0. The molecule has 2 aromatic rings. The lowest BCUT2D eigenvalue weighted by Crippen LogP contribution is -2.56. The lowest BCUT2D eigenvalue weighted by Gasteiger charge is -2.30. The summed E-state index contributed by atoms with van der Waals surface area (Å²) in [6.07, 6.45) is 3.68. The standard InChI is InChI=1S/C19H23N5O2/c1-3-13-5-7-14(8-6-13)12(2)22-19(26)15-11-16(25)24-18(23-15)17-20-9-4-10-21-17/h4-10,12,15,18,23H,3,11H2,1-2H3,(H,22,26)(H,24,25). The third kappa shape index (κ3) is 4.23. The van der Waals surface area contributed by atoms with Crippen molar-refractivity contribution in [2.45, 2.75) is 44.9 Å². The van der Waals surface area contributed by atoms with Gasteiger partial charge in [-0.15, -0.1) is 0 Å². The number of aromatic nitrogens is 2. The van der Waals surface area contributed by atoms with Crippen molar-refractivity contribution in [1.29, 1.82) is 0 Å². The number of hydrogen-bond donors (Lipinski definition) is 3. The van der Waals surface area contributed by atoms with E-state index in [0.29, 0.717) is 5.82 Å². The first kappa shape index (κ1) is 18.0. The molecule has 1 aliphatic heterocycles. The zero-order chi connectivity index (χ0) is 18.5. The van der Waals surface area contributed by atoms with Crippen LogP contribution < -0.4 is 16.0 Å². The minimum atomic E-state index is -0.630. The van der Waals surface area contributed by atoms with Gasteiger partial charge in [0, 0.05) is 12.4 Å². The lowest BCUT2D eigenvalue weighted by molar-refractivity contribution is -0.132. The third-order valence-electron chi connectivity index (χ3n) is 4.47. The van der Waals surface area contributed by atoms with Gasteiger partial charge in [0.1, 0.15) is 6.17 Å². The first-order valence-corrected chi connectivity index (χ1v) is 8.78. The highest BCUT2D eigenvalue weighted by atomic mass is 16.2. The highest BCUT2D eigenvalue weighted by Crippen LogP contribution is 2.16. The summed E-state index contributed by atoms with van der Waals surface area (Å²) in [6, 6.07) is 9.09. The smallest absolute Gasteiger partial charge is 0.238 e. The zero-order valence-electron chi connectivity index (χ0n) is 14.9. The molecule has 26 heavy (non-hydrogen) atoms. The molecule has 2 amide bonds. The number of nitrogens with zero attached hydrogens (tertiary/aromatic N) is 2. The summed E-state index contributed by atoms with van der Waals surface area (Å²) >= 11 is 0. The normalized spacial score (nSPS) is 20.9. The highest BCUT2D eigenvalue weighted by molar-refractivity contribution is 5.89. The van der Waals surface area contributed by atoms with Gasteiger partial charge in [-0.3, -0.25) is 14.9 Å². The van der Waals surface area contributed by atoms with E-state index in [0.717, 1.165) is 12.0 Å². The van der Waals surface area contributed by atoms with Crippen LogP contribution in [0.2, 0.25) is 0 Å². The van der Waals surface area contributed by atoms with Crippen molar-refractivity contribution in [2.75, 3.05) is 0 Å². The number of nitrogens with one attached hydrogen (secondary N) is 3. The molecule has 0 saturated carbocycles. The van der Waals surface area contributed by atoms with Gasteiger partial charge in [-0.1, -0.05) is 31.2 Å². The third-order valence-corrected chi connectivity index (χ3v) is 4.47. The number of hydrogen-bond acceptors (Lipinski definition) is 5. The molecule has 7 heteroatoms. The van der Waals surface area contributed by atoms with Crippen LogP contribution in [0.5, 0.6) is 0 Å². The predicted octanol–water partition coefficient (Wildman–Crippen LogP) is 1.39. The molecule has 1 aromatic carbocycles. The van der Waals surface area contributed by atoms with Gasteiger partial charge in [-0.2, -0.15) is 0 Å². The van der Waals surface area contributed by atoms with Gasteiger partial charge in [-0.25, -0.2) is 9.97 Å². The Morgan fingerprint density at radius 2 is 1.96 bits per heavy atom. The minimum absolute atomic E-state index is 0.0800. The maximum Gasteiger partial charge on any atom is 0.238 e. The van der Waals surface area contributed by atoms with Crippen LogP contribution in [-0.4, -0.2) is 27.8 Å². The fourth-order valence-corrected chi connectivity index (χ4v) is 2.91. The highest BCUT2D eigenvalue weighted by Gasteiger charge is 2.33. The Kier molecular flexibility index (Phi) is 5.58. The number of benzene rings is 1. The predicted molar refractivity (Wildman–Crippen MR) is 96.8 cm³/mol. The van der Waals surface area contributed by atoms with Gasteiger partial charge in [0.05, 0.1) is 18.5 Å². The van der Waals surface area contributed by atoms with E-state index in [2.05, 4.69) is 45.0 Å². The molecule has 7 nitrogen and oxygen atoms in total. The van der Waals surface area contributed by atoms with Crippen LogP contribution in [0.4, 0.5) is 0 Å². The fourth-order valence-electron chi connectivity index (χ4n) is 2.91. The Morgan fingerprint density at radius 3 is 2.62 bits per heavy atom. The first-order valence-electron chi connectivity index (χ1n) is 8.78. The molecular weight excluding hydrogens is 330 g/mol. The molecule has 136 valence electrons. The summed E-state index contributed by atoms with van der Waals surface area (Å²) in [5, 5.41) is 8.84. The van der Waals surface area contributed by atoms with Gasteiger partial charge >= 0.3 is 0 Å².